The topological polar surface area (TPSA) is 41.1 Å². The Morgan fingerprint density at radius 1 is 0.950 bits per heavy atom. The Balaban J connectivity index is 1.70. The fourth-order valence-corrected chi connectivity index (χ4v) is 2.27. The van der Waals surface area contributed by atoms with Crippen molar-refractivity contribution in [2.24, 2.45) is 0 Å². The van der Waals surface area contributed by atoms with E-state index in [-0.39, 0.29) is 6.03 Å². The second-order valence-electron chi connectivity index (χ2n) is 4.44. The molecule has 0 heterocycles. The Morgan fingerprint density at radius 2 is 1.65 bits per heavy atom. The number of carbonyl (C=O) groups is 1. The van der Waals surface area contributed by atoms with Crippen molar-refractivity contribution in [1.29, 1.82) is 0 Å². The van der Waals surface area contributed by atoms with E-state index in [1.54, 1.807) is 0 Å². The molecule has 0 unspecified atom stereocenters. The smallest absolute Gasteiger partial charge is 0.315 e. The first-order valence-corrected chi connectivity index (χ1v) is 7.34. The molecule has 2 amide bonds. The quantitative estimate of drug-likeness (QED) is 0.864. The first-order chi connectivity index (χ1) is 9.75. The van der Waals surface area contributed by atoms with Gasteiger partial charge in [0.15, 0.2) is 0 Å². The van der Waals surface area contributed by atoms with Crippen LogP contribution in [0.2, 0.25) is 0 Å². The Hall–Kier alpha value is -1.81. The van der Waals surface area contributed by atoms with Gasteiger partial charge in [-0.25, -0.2) is 4.79 Å². The standard InChI is InChI=1S/C16H17BrN2O/c17-15-9-5-4-8-14(15)12-19-16(20)18-11-10-13-6-2-1-3-7-13/h1-9H,10-12H2,(H2,18,19,20). The normalized spacial score (nSPS) is 10.1. The minimum atomic E-state index is -0.142. The Bertz CT molecular complexity index is 557. The van der Waals surface area contributed by atoms with E-state index >= 15 is 0 Å². The van der Waals surface area contributed by atoms with Crippen LogP contribution >= 0.6 is 15.9 Å². The van der Waals surface area contributed by atoms with Crippen LogP contribution in [0, 0.1) is 0 Å². The van der Waals surface area contributed by atoms with Gasteiger partial charge in [0.1, 0.15) is 0 Å². The molecule has 0 bridgehead atoms. The number of urea groups is 1. The van der Waals surface area contributed by atoms with Crippen molar-refractivity contribution in [1.82, 2.24) is 10.6 Å². The zero-order valence-electron chi connectivity index (χ0n) is 11.1. The van der Waals surface area contributed by atoms with Crippen LogP contribution in [0.15, 0.2) is 59.1 Å². The zero-order valence-corrected chi connectivity index (χ0v) is 12.7. The van der Waals surface area contributed by atoms with E-state index in [1.165, 1.54) is 5.56 Å². The van der Waals surface area contributed by atoms with Crippen molar-refractivity contribution in [3.8, 4) is 0 Å². The minimum absolute atomic E-state index is 0.142. The van der Waals surface area contributed by atoms with Crippen LogP contribution in [0.4, 0.5) is 4.79 Å². The first kappa shape index (κ1) is 14.6. The SMILES string of the molecule is O=C(NCCc1ccccc1)NCc1ccccc1Br. The Kier molecular flexibility index (Phi) is 5.62. The van der Waals surface area contributed by atoms with E-state index < -0.39 is 0 Å². The number of hydrogen-bond acceptors (Lipinski definition) is 1. The molecule has 0 saturated carbocycles. The Labute approximate surface area is 127 Å². The zero-order chi connectivity index (χ0) is 14.2. The summed E-state index contributed by atoms with van der Waals surface area (Å²) in [4.78, 5) is 11.7. The molecule has 4 heteroatoms. The summed E-state index contributed by atoms with van der Waals surface area (Å²) < 4.78 is 1.00. The summed E-state index contributed by atoms with van der Waals surface area (Å²) >= 11 is 3.46. The maximum Gasteiger partial charge on any atom is 0.315 e. The molecule has 2 N–H and O–H groups in total. The molecule has 0 aliphatic carbocycles. The molecule has 0 atom stereocenters. The molecule has 0 aliphatic rings. The van der Waals surface area contributed by atoms with Crippen LogP contribution in [0.25, 0.3) is 0 Å². The number of benzene rings is 2. The van der Waals surface area contributed by atoms with Gasteiger partial charge in [-0.05, 0) is 23.6 Å². The lowest BCUT2D eigenvalue weighted by atomic mass is 10.1. The van der Waals surface area contributed by atoms with Gasteiger partial charge >= 0.3 is 6.03 Å². The molecule has 0 aromatic heterocycles. The van der Waals surface area contributed by atoms with Crippen LogP contribution in [-0.2, 0) is 13.0 Å². The molecule has 0 saturated heterocycles. The van der Waals surface area contributed by atoms with Gasteiger partial charge in [-0.3, -0.25) is 0 Å². The van der Waals surface area contributed by atoms with E-state index in [2.05, 4.69) is 38.7 Å². The lowest BCUT2D eigenvalue weighted by Gasteiger charge is -2.09. The summed E-state index contributed by atoms with van der Waals surface area (Å²) in [6.07, 6.45) is 0.837. The highest BCUT2D eigenvalue weighted by atomic mass is 79.9. The molecule has 20 heavy (non-hydrogen) atoms. The summed E-state index contributed by atoms with van der Waals surface area (Å²) in [6, 6.07) is 17.8. The highest BCUT2D eigenvalue weighted by Crippen LogP contribution is 2.15. The van der Waals surface area contributed by atoms with Crippen LogP contribution < -0.4 is 10.6 Å². The maximum atomic E-state index is 11.7. The lowest BCUT2D eigenvalue weighted by Crippen LogP contribution is -2.36. The lowest BCUT2D eigenvalue weighted by molar-refractivity contribution is 0.240. The van der Waals surface area contributed by atoms with E-state index in [0.717, 1.165) is 16.5 Å². The third kappa shape index (κ3) is 4.70. The number of rotatable bonds is 5. The summed E-state index contributed by atoms with van der Waals surface area (Å²) in [5.41, 5.74) is 2.28. The van der Waals surface area contributed by atoms with Crippen LogP contribution in [0.5, 0.6) is 0 Å². The monoisotopic (exact) mass is 332 g/mol. The van der Waals surface area contributed by atoms with Crippen molar-refractivity contribution < 1.29 is 4.79 Å². The molecule has 2 aromatic carbocycles. The van der Waals surface area contributed by atoms with E-state index in [1.807, 2.05) is 42.5 Å². The average Bonchev–Trinajstić information content (AvgIpc) is 2.47. The molecular weight excluding hydrogens is 316 g/mol. The van der Waals surface area contributed by atoms with Crippen molar-refractivity contribution in [3.05, 3.63) is 70.2 Å². The number of halogens is 1. The molecule has 2 aromatic rings. The molecule has 104 valence electrons. The number of nitrogens with one attached hydrogen (secondary N) is 2. The average molecular weight is 333 g/mol. The van der Waals surface area contributed by atoms with E-state index in [0.29, 0.717) is 13.1 Å². The van der Waals surface area contributed by atoms with Gasteiger partial charge in [0, 0.05) is 17.6 Å². The van der Waals surface area contributed by atoms with E-state index in [4.69, 9.17) is 0 Å². The molecular formula is C16H17BrN2O. The summed E-state index contributed by atoms with van der Waals surface area (Å²) in [7, 11) is 0. The molecule has 0 spiro atoms. The third-order valence-corrected chi connectivity index (χ3v) is 3.71. The van der Waals surface area contributed by atoms with Crippen LogP contribution in [0.3, 0.4) is 0 Å². The Morgan fingerprint density at radius 3 is 2.40 bits per heavy atom. The highest BCUT2D eigenvalue weighted by molar-refractivity contribution is 9.10. The largest absolute Gasteiger partial charge is 0.338 e. The fourth-order valence-electron chi connectivity index (χ4n) is 1.84. The predicted molar refractivity (Wildman–Crippen MR) is 84.5 cm³/mol. The maximum absolute atomic E-state index is 11.7. The number of amides is 2. The third-order valence-electron chi connectivity index (χ3n) is 2.94. The highest BCUT2D eigenvalue weighted by Gasteiger charge is 2.02. The second-order valence-corrected chi connectivity index (χ2v) is 5.29. The van der Waals surface area contributed by atoms with Gasteiger partial charge in [-0.2, -0.15) is 0 Å². The summed E-state index contributed by atoms with van der Waals surface area (Å²) in [5, 5.41) is 5.70. The van der Waals surface area contributed by atoms with Gasteiger partial charge in [-0.1, -0.05) is 64.5 Å². The fraction of sp³-hybridized carbons (Fsp3) is 0.188. The molecule has 0 radical (unpaired) electrons. The van der Waals surface area contributed by atoms with Crippen molar-refractivity contribution >= 4 is 22.0 Å². The first-order valence-electron chi connectivity index (χ1n) is 6.55. The van der Waals surface area contributed by atoms with E-state index in [9.17, 15) is 4.79 Å². The minimum Gasteiger partial charge on any atom is -0.338 e. The number of carbonyl (C=O) groups excluding carboxylic acids is 1. The van der Waals surface area contributed by atoms with Crippen molar-refractivity contribution in [3.63, 3.8) is 0 Å². The molecule has 3 nitrogen and oxygen atoms in total. The molecule has 2 rings (SSSR count). The van der Waals surface area contributed by atoms with Gasteiger partial charge in [0.05, 0.1) is 0 Å². The second kappa shape index (κ2) is 7.70. The number of hydrogen-bond donors (Lipinski definition) is 2. The van der Waals surface area contributed by atoms with Gasteiger partial charge < -0.3 is 10.6 Å². The predicted octanol–water partition coefficient (Wildman–Crippen LogP) is 3.49. The van der Waals surface area contributed by atoms with Gasteiger partial charge in [0.25, 0.3) is 0 Å². The van der Waals surface area contributed by atoms with Crippen LogP contribution in [-0.4, -0.2) is 12.6 Å². The van der Waals surface area contributed by atoms with Crippen molar-refractivity contribution in [2.45, 2.75) is 13.0 Å². The molecule has 0 aliphatic heterocycles. The molecule has 0 fully saturated rings. The van der Waals surface area contributed by atoms with Crippen molar-refractivity contribution in [2.75, 3.05) is 6.54 Å². The summed E-state index contributed by atoms with van der Waals surface area (Å²) in [6.45, 7) is 1.14. The van der Waals surface area contributed by atoms with Gasteiger partial charge in [-0.15, -0.1) is 0 Å². The van der Waals surface area contributed by atoms with Gasteiger partial charge in [0.2, 0.25) is 0 Å². The van der Waals surface area contributed by atoms with Crippen LogP contribution in [0.1, 0.15) is 11.1 Å². The summed E-state index contributed by atoms with van der Waals surface area (Å²) in [5.74, 6) is 0.